The Kier molecular flexibility index (Phi) is 4.54. The van der Waals surface area contributed by atoms with E-state index in [4.69, 9.17) is 16.3 Å². The number of carbonyl (C=O) groups excluding carboxylic acids is 2. The van der Waals surface area contributed by atoms with Gasteiger partial charge in [0, 0.05) is 15.7 Å². The fourth-order valence-electron chi connectivity index (χ4n) is 2.28. The molecule has 1 atom stereocenters. The van der Waals surface area contributed by atoms with Gasteiger partial charge < -0.3 is 15.4 Å². The number of carbonyl (C=O) groups is 2. The number of amides is 2. The van der Waals surface area contributed by atoms with Crippen LogP contribution in [-0.4, -0.2) is 18.4 Å². The lowest BCUT2D eigenvalue weighted by molar-refractivity contribution is -0.127. The Morgan fingerprint density at radius 3 is 2.74 bits per heavy atom. The zero-order chi connectivity index (χ0) is 16.4. The van der Waals surface area contributed by atoms with Gasteiger partial charge in [-0.15, -0.1) is 0 Å². The second-order valence-corrected chi connectivity index (χ2v) is 6.27. The third kappa shape index (κ3) is 3.48. The number of hydrogen-bond acceptors (Lipinski definition) is 3. The Morgan fingerprint density at radius 2 is 2.00 bits per heavy atom. The number of ether oxygens (including phenoxy) is 1. The standard InChI is InChI=1S/C16H12BrClN2O3/c17-9-4-6-10(7-5-9)19-16(22)14-11-2-1-3-12(18)15(11)23-8-13(21)20-14/h1-7,14H,8H2,(H,19,22)(H,20,21). The minimum Gasteiger partial charge on any atom is -0.482 e. The number of halogens is 2. The van der Waals surface area contributed by atoms with Gasteiger partial charge in [-0.05, 0) is 30.3 Å². The predicted octanol–water partition coefficient (Wildman–Crippen LogP) is 3.29. The first-order valence-corrected chi connectivity index (χ1v) is 7.98. The molecule has 23 heavy (non-hydrogen) atoms. The monoisotopic (exact) mass is 394 g/mol. The molecule has 2 N–H and O–H groups in total. The quantitative estimate of drug-likeness (QED) is 0.820. The zero-order valence-corrected chi connectivity index (χ0v) is 14.1. The third-order valence-electron chi connectivity index (χ3n) is 3.34. The molecule has 2 aromatic carbocycles. The van der Waals surface area contributed by atoms with Gasteiger partial charge in [0.1, 0.15) is 11.8 Å². The van der Waals surface area contributed by atoms with E-state index in [1.54, 1.807) is 30.3 Å². The van der Waals surface area contributed by atoms with E-state index in [2.05, 4.69) is 26.6 Å². The van der Waals surface area contributed by atoms with E-state index in [1.165, 1.54) is 0 Å². The van der Waals surface area contributed by atoms with Crippen LogP contribution in [0.15, 0.2) is 46.9 Å². The van der Waals surface area contributed by atoms with Crippen LogP contribution in [0.5, 0.6) is 5.75 Å². The molecule has 3 rings (SSSR count). The van der Waals surface area contributed by atoms with Crippen LogP contribution in [0.4, 0.5) is 5.69 Å². The molecule has 5 nitrogen and oxygen atoms in total. The maximum absolute atomic E-state index is 12.6. The second kappa shape index (κ2) is 6.60. The number of para-hydroxylation sites is 1. The molecule has 0 aliphatic carbocycles. The molecule has 1 aliphatic rings. The van der Waals surface area contributed by atoms with Gasteiger partial charge in [-0.25, -0.2) is 0 Å². The molecule has 118 valence electrons. The van der Waals surface area contributed by atoms with Crippen LogP contribution < -0.4 is 15.4 Å². The fourth-order valence-corrected chi connectivity index (χ4v) is 2.78. The first-order chi connectivity index (χ1) is 11.0. The number of anilines is 1. The van der Waals surface area contributed by atoms with Crippen LogP contribution in [0.2, 0.25) is 5.02 Å². The summed E-state index contributed by atoms with van der Waals surface area (Å²) < 4.78 is 6.31. The van der Waals surface area contributed by atoms with E-state index in [1.807, 2.05) is 12.1 Å². The molecule has 2 amide bonds. The highest BCUT2D eigenvalue weighted by molar-refractivity contribution is 9.10. The molecule has 1 aliphatic heterocycles. The lowest BCUT2D eigenvalue weighted by Gasteiger charge is -2.17. The van der Waals surface area contributed by atoms with Crippen molar-refractivity contribution in [2.24, 2.45) is 0 Å². The minimum atomic E-state index is -0.873. The normalized spacial score (nSPS) is 16.6. The Labute approximate surface area is 146 Å². The molecule has 0 fully saturated rings. The summed E-state index contributed by atoms with van der Waals surface area (Å²) in [7, 11) is 0. The molecule has 0 aromatic heterocycles. The van der Waals surface area contributed by atoms with Gasteiger partial charge in [0.2, 0.25) is 0 Å². The van der Waals surface area contributed by atoms with Gasteiger partial charge >= 0.3 is 0 Å². The largest absolute Gasteiger partial charge is 0.482 e. The highest BCUT2D eigenvalue weighted by Gasteiger charge is 2.30. The molecule has 1 unspecified atom stereocenters. The summed E-state index contributed by atoms with van der Waals surface area (Å²) in [5, 5.41) is 5.79. The van der Waals surface area contributed by atoms with Crippen molar-refractivity contribution in [2.45, 2.75) is 6.04 Å². The molecule has 0 bridgehead atoms. The zero-order valence-electron chi connectivity index (χ0n) is 11.8. The van der Waals surface area contributed by atoms with Gasteiger partial charge in [0.25, 0.3) is 11.8 Å². The first kappa shape index (κ1) is 15.8. The molecule has 0 saturated carbocycles. The molecular formula is C16H12BrClN2O3. The SMILES string of the molecule is O=C1COc2c(Cl)cccc2C(C(=O)Nc2ccc(Br)cc2)N1. The lowest BCUT2D eigenvalue weighted by Crippen LogP contribution is -2.37. The Balaban J connectivity index is 1.91. The maximum Gasteiger partial charge on any atom is 0.258 e. The van der Waals surface area contributed by atoms with Crippen LogP contribution in [0.3, 0.4) is 0 Å². The third-order valence-corrected chi connectivity index (χ3v) is 4.16. The van der Waals surface area contributed by atoms with Crippen LogP contribution in [-0.2, 0) is 9.59 Å². The highest BCUT2D eigenvalue weighted by atomic mass is 79.9. The van der Waals surface area contributed by atoms with Gasteiger partial charge in [-0.3, -0.25) is 9.59 Å². The second-order valence-electron chi connectivity index (χ2n) is 4.94. The van der Waals surface area contributed by atoms with E-state index < -0.39 is 6.04 Å². The molecule has 0 spiro atoms. The summed E-state index contributed by atoms with van der Waals surface area (Å²) in [5.41, 5.74) is 1.15. The molecule has 1 heterocycles. The van der Waals surface area contributed by atoms with Crippen molar-refractivity contribution in [3.8, 4) is 5.75 Å². The van der Waals surface area contributed by atoms with Crippen molar-refractivity contribution < 1.29 is 14.3 Å². The summed E-state index contributed by atoms with van der Waals surface area (Å²) in [5.74, 6) is -0.397. The highest BCUT2D eigenvalue weighted by Crippen LogP contribution is 2.34. The molecule has 7 heteroatoms. The Bertz CT molecular complexity index is 764. The van der Waals surface area contributed by atoms with Crippen molar-refractivity contribution in [1.29, 1.82) is 0 Å². The topological polar surface area (TPSA) is 67.4 Å². The summed E-state index contributed by atoms with van der Waals surface area (Å²) in [6.07, 6.45) is 0. The minimum absolute atomic E-state index is 0.182. The molecule has 0 saturated heterocycles. The summed E-state index contributed by atoms with van der Waals surface area (Å²) in [6, 6.07) is 11.3. The van der Waals surface area contributed by atoms with Crippen LogP contribution in [0.25, 0.3) is 0 Å². The van der Waals surface area contributed by atoms with E-state index in [0.29, 0.717) is 22.0 Å². The number of benzene rings is 2. The van der Waals surface area contributed by atoms with Crippen LogP contribution in [0.1, 0.15) is 11.6 Å². The van der Waals surface area contributed by atoms with Crippen LogP contribution in [0, 0.1) is 0 Å². The van der Waals surface area contributed by atoms with Crippen molar-refractivity contribution in [2.75, 3.05) is 11.9 Å². The van der Waals surface area contributed by atoms with E-state index in [9.17, 15) is 9.59 Å². The lowest BCUT2D eigenvalue weighted by atomic mass is 10.0. The molecule has 2 aromatic rings. The van der Waals surface area contributed by atoms with E-state index >= 15 is 0 Å². The first-order valence-electron chi connectivity index (χ1n) is 6.81. The number of fused-ring (bicyclic) bond motifs is 1. The predicted molar refractivity (Wildman–Crippen MR) is 90.6 cm³/mol. The van der Waals surface area contributed by atoms with E-state index in [-0.39, 0.29) is 18.4 Å². The summed E-state index contributed by atoms with van der Waals surface area (Å²) in [4.78, 5) is 24.4. The smallest absolute Gasteiger partial charge is 0.258 e. The molecule has 0 radical (unpaired) electrons. The molecular weight excluding hydrogens is 384 g/mol. The van der Waals surface area contributed by atoms with Crippen molar-refractivity contribution >= 4 is 45.0 Å². The number of rotatable bonds is 2. The van der Waals surface area contributed by atoms with Gasteiger partial charge in [-0.1, -0.05) is 39.7 Å². The van der Waals surface area contributed by atoms with Gasteiger partial charge in [0.15, 0.2) is 6.61 Å². The Hall–Kier alpha value is -2.05. The number of nitrogens with one attached hydrogen (secondary N) is 2. The average molecular weight is 396 g/mol. The van der Waals surface area contributed by atoms with Crippen molar-refractivity contribution in [1.82, 2.24) is 5.32 Å². The summed E-state index contributed by atoms with van der Waals surface area (Å²) >= 11 is 9.44. The Morgan fingerprint density at radius 1 is 1.26 bits per heavy atom. The fraction of sp³-hybridized carbons (Fsp3) is 0.125. The maximum atomic E-state index is 12.6. The van der Waals surface area contributed by atoms with Gasteiger partial charge in [-0.2, -0.15) is 0 Å². The van der Waals surface area contributed by atoms with Crippen molar-refractivity contribution in [3.63, 3.8) is 0 Å². The summed E-state index contributed by atoms with van der Waals surface area (Å²) in [6.45, 7) is -0.182. The van der Waals surface area contributed by atoms with Crippen LogP contribution >= 0.6 is 27.5 Å². The van der Waals surface area contributed by atoms with Crippen molar-refractivity contribution in [3.05, 3.63) is 57.5 Å². The average Bonchev–Trinajstić information content (AvgIpc) is 2.70. The van der Waals surface area contributed by atoms with Gasteiger partial charge in [0.05, 0.1) is 5.02 Å². The number of hydrogen-bond donors (Lipinski definition) is 2. The van der Waals surface area contributed by atoms with E-state index in [0.717, 1.165) is 4.47 Å².